The summed E-state index contributed by atoms with van der Waals surface area (Å²) in [7, 11) is 0. The Kier molecular flexibility index (Phi) is 5.87. The molecule has 0 aliphatic carbocycles. The number of aryl methyl sites for hydroxylation is 1. The van der Waals surface area contributed by atoms with Crippen LogP contribution in [0.2, 0.25) is 0 Å². The summed E-state index contributed by atoms with van der Waals surface area (Å²) in [6.07, 6.45) is 0.775. The first-order valence-electron chi connectivity index (χ1n) is 11.4. The molecule has 3 aromatic carbocycles. The van der Waals surface area contributed by atoms with E-state index in [9.17, 15) is 4.79 Å². The summed E-state index contributed by atoms with van der Waals surface area (Å²) in [6, 6.07) is 26.4. The van der Waals surface area contributed by atoms with Crippen LogP contribution in [0.25, 0.3) is 0 Å². The number of rotatable bonds is 5. The molecule has 2 aliphatic rings. The van der Waals surface area contributed by atoms with Crippen LogP contribution in [0.4, 0.5) is 11.4 Å². The third-order valence-electron chi connectivity index (χ3n) is 5.94. The number of hydrogen-bond donors (Lipinski definition) is 0. The van der Waals surface area contributed by atoms with Gasteiger partial charge in [0.15, 0.2) is 0 Å². The topological polar surface area (TPSA) is 57.5 Å². The lowest BCUT2D eigenvalue weighted by Gasteiger charge is -2.47. The van der Waals surface area contributed by atoms with Crippen molar-refractivity contribution >= 4 is 39.9 Å². The number of nitrogens with zero attached hydrogens (tertiary/aromatic N) is 4. The molecule has 0 amide bonds. The van der Waals surface area contributed by atoms with Crippen molar-refractivity contribution < 1.29 is 9.53 Å². The van der Waals surface area contributed by atoms with Crippen LogP contribution in [0.1, 0.15) is 37.0 Å². The number of benzene rings is 3. The molecule has 34 heavy (non-hydrogen) atoms. The molecule has 0 N–H and O–H groups in total. The van der Waals surface area contributed by atoms with Crippen LogP contribution in [0.3, 0.4) is 0 Å². The fourth-order valence-corrected chi connectivity index (χ4v) is 5.67. The van der Waals surface area contributed by atoms with Gasteiger partial charge in [-0.25, -0.2) is 14.8 Å². The summed E-state index contributed by atoms with van der Waals surface area (Å²) in [6.45, 7) is 6.25. The Labute approximate surface area is 203 Å². The highest BCUT2D eigenvalue weighted by Gasteiger charge is 2.56. The molecule has 2 heterocycles. The average molecular weight is 471 g/mol. The van der Waals surface area contributed by atoms with Crippen LogP contribution in [-0.2, 0) is 14.5 Å². The van der Waals surface area contributed by atoms with E-state index < -0.39 is 11.0 Å². The number of carbonyl (C=O) groups is 1. The molecular formula is C27H26N4O2S. The molecule has 0 fully saturated rings. The van der Waals surface area contributed by atoms with Crippen molar-refractivity contribution in [2.75, 3.05) is 16.6 Å². The molecule has 0 saturated carbocycles. The minimum absolute atomic E-state index is 0.285. The van der Waals surface area contributed by atoms with Gasteiger partial charge < -0.3 is 4.74 Å². The first-order chi connectivity index (χ1) is 16.6. The van der Waals surface area contributed by atoms with Crippen LogP contribution >= 0.6 is 11.8 Å². The number of esters is 1. The maximum Gasteiger partial charge on any atom is 0.365 e. The number of hydrogen-bond acceptors (Lipinski definition) is 7. The Balaban J connectivity index is 1.81. The maximum atomic E-state index is 13.0. The minimum Gasteiger partial charge on any atom is -0.461 e. The zero-order valence-electron chi connectivity index (χ0n) is 19.4. The van der Waals surface area contributed by atoms with Crippen molar-refractivity contribution in [2.45, 2.75) is 32.2 Å². The van der Waals surface area contributed by atoms with E-state index in [4.69, 9.17) is 14.9 Å². The average Bonchev–Trinajstić information content (AvgIpc) is 3.26. The van der Waals surface area contributed by atoms with Gasteiger partial charge in [-0.2, -0.15) is 10.2 Å². The highest BCUT2D eigenvalue weighted by Crippen LogP contribution is 2.55. The Hall–Kier alpha value is -3.58. The van der Waals surface area contributed by atoms with E-state index in [0.29, 0.717) is 5.04 Å². The molecule has 0 saturated heterocycles. The lowest BCUT2D eigenvalue weighted by molar-refractivity contribution is -0.134. The van der Waals surface area contributed by atoms with Gasteiger partial charge in [-0.15, -0.1) is 0 Å². The van der Waals surface area contributed by atoms with Gasteiger partial charge in [0.25, 0.3) is 0 Å². The molecule has 3 aromatic rings. The lowest BCUT2D eigenvalue weighted by atomic mass is 9.96. The number of thioether (sulfide) groups is 1. The van der Waals surface area contributed by atoms with E-state index in [2.05, 4.69) is 19.1 Å². The van der Waals surface area contributed by atoms with Crippen LogP contribution in [0.15, 0.2) is 89.1 Å². The summed E-state index contributed by atoms with van der Waals surface area (Å²) in [5, 5.41) is 14.3. The second-order valence-electron chi connectivity index (χ2n) is 8.03. The van der Waals surface area contributed by atoms with Gasteiger partial charge in [-0.3, -0.25) is 0 Å². The SMILES string of the molecule is CCOC(=O)C1=NN(c2ccccc2C)[C@@]2(S1)c1ccccc1C(CC)=NN2c1ccccc1. The van der Waals surface area contributed by atoms with Crippen molar-refractivity contribution in [3.05, 3.63) is 95.6 Å². The standard InChI is InChI=1S/C27H26N4O2S/c1-4-23-21-16-10-11-17-22(21)27(30(28-23)20-14-7-6-8-15-20)31(24-18-12-9-13-19(24)3)29-25(34-27)26(32)33-5-2/h6-18H,4-5H2,1-3H3/t27-/m1/s1. The second kappa shape index (κ2) is 8.99. The number of ether oxygens (including phenoxy) is 1. The minimum atomic E-state index is -0.940. The molecule has 0 radical (unpaired) electrons. The van der Waals surface area contributed by atoms with E-state index in [1.807, 2.05) is 83.7 Å². The fourth-order valence-electron chi connectivity index (χ4n) is 4.39. The molecule has 0 bridgehead atoms. The molecule has 0 unspecified atom stereocenters. The second-order valence-corrected chi connectivity index (χ2v) is 9.19. The number of para-hydroxylation sites is 2. The fraction of sp³-hybridized carbons (Fsp3) is 0.222. The third-order valence-corrected chi connectivity index (χ3v) is 7.23. The molecule has 1 spiro atoms. The smallest absolute Gasteiger partial charge is 0.365 e. The van der Waals surface area contributed by atoms with E-state index in [-0.39, 0.29) is 6.61 Å². The van der Waals surface area contributed by atoms with E-state index in [1.54, 1.807) is 6.92 Å². The van der Waals surface area contributed by atoms with Crippen molar-refractivity contribution in [3.8, 4) is 0 Å². The monoisotopic (exact) mass is 470 g/mol. The third kappa shape index (κ3) is 3.47. The normalized spacial score (nSPS) is 19.0. The Bertz CT molecular complexity index is 1290. The Morgan fingerprint density at radius 3 is 2.35 bits per heavy atom. The highest BCUT2D eigenvalue weighted by molar-refractivity contribution is 8.16. The highest BCUT2D eigenvalue weighted by atomic mass is 32.2. The quantitative estimate of drug-likeness (QED) is 0.437. The predicted molar refractivity (Wildman–Crippen MR) is 139 cm³/mol. The first kappa shape index (κ1) is 22.2. The number of hydrazone groups is 2. The van der Waals surface area contributed by atoms with Crippen molar-refractivity contribution in [1.82, 2.24) is 0 Å². The summed E-state index contributed by atoms with van der Waals surface area (Å²) in [5.41, 5.74) is 5.94. The Morgan fingerprint density at radius 2 is 1.62 bits per heavy atom. The summed E-state index contributed by atoms with van der Waals surface area (Å²) in [5.74, 6) is -0.432. The van der Waals surface area contributed by atoms with Gasteiger partial charge in [-0.1, -0.05) is 67.6 Å². The number of carbonyl (C=O) groups excluding carboxylic acids is 1. The van der Waals surface area contributed by atoms with Gasteiger partial charge in [0.05, 0.1) is 23.7 Å². The maximum absolute atomic E-state index is 13.0. The summed E-state index contributed by atoms with van der Waals surface area (Å²) >= 11 is 1.37. The van der Waals surface area contributed by atoms with Crippen LogP contribution < -0.4 is 10.0 Å². The molecule has 2 aliphatic heterocycles. The largest absolute Gasteiger partial charge is 0.461 e. The van der Waals surface area contributed by atoms with Gasteiger partial charge in [-0.05, 0) is 55.8 Å². The van der Waals surface area contributed by atoms with E-state index >= 15 is 0 Å². The molecule has 1 atom stereocenters. The zero-order chi connectivity index (χ0) is 23.7. The van der Waals surface area contributed by atoms with Gasteiger partial charge >= 0.3 is 5.97 Å². The first-order valence-corrected chi connectivity index (χ1v) is 12.2. The predicted octanol–water partition coefficient (Wildman–Crippen LogP) is 5.87. The number of fused-ring (bicyclic) bond motifs is 2. The molecule has 0 aromatic heterocycles. The number of anilines is 2. The zero-order valence-corrected chi connectivity index (χ0v) is 20.2. The molecule has 5 rings (SSSR count). The van der Waals surface area contributed by atoms with Gasteiger partial charge in [0, 0.05) is 11.1 Å². The van der Waals surface area contributed by atoms with Crippen LogP contribution in [0, 0.1) is 6.92 Å². The van der Waals surface area contributed by atoms with Gasteiger partial charge in [0.1, 0.15) is 0 Å². The van der Waals surface area contributed by atoms with Crippen molar-refractivity contribution in [3.63, 3.8) is 0 Å². The molecule has 6 nitrogen and oxygen atoms in total. The summed E-state index contributed by atoms with van der Waals surface area (Å²) in [4.78, 5) is 12.0. The molecule has 7 heteroatoms. The molecular weight excluding hydrogens is 444 g/mol. The van der Waals surface area contributed by atoms with E-state index in [1.165, 1.54) is 11.8 Å². The molecule has 172 valence electrons. The van der Waals surface area contributed by atoms with Crippen molar-refractivity contribution in [1.29, 1.82) is 0 Å². The van der Waals surface area contributed by atoms with E-state index in [0.717, 1.165) is 40.2 Å². The van der Waals surface area contributed by atoms with Crippen molar-refractivity contribution in [2.24, 2.45) is 10.2 Å². The lowest BCUT2D eigenvalue weighted by Crippen LogP contribution is -2.54. The van der Waals surface area contributed by atoms with Gasteiger partial charge in [0.2, 0.25) is 10.0 Å². The summed E-state index contributed by atoms with van der Waals surface area (Å²) < 4.78 is 5.37. The van der Waals surface area contributed by atoms with Crippen LogP contribution in [0.5, 0.6) is 0 Å². The Morgan fingerprint density at radius 1 is 0.912 bits per heavy atom. The van der Waals surface area contributed by atoms with Crippen LogP contribution in [-0.4, -0.2) is 23.3 Å².